The largest absolute Gasteiger partial charge is 0.503 e. The fraction of sp³-hybridized carbons (Fsp3) is 0. The summed E-state index contributed by atoms with van der Waals surface area (Å²) in [5, 5.41) is 22.6. The molecule has 0 atom stereocenters. The van der Waals surface area contributed by atoms with Gasteiger partial charge in [-0.15, -0.1) is 11.3 Å². The van der Waals surface area contributed by atoms with E-state index in [0.717, 1.165) is 15.8 Å². The lowest BCUT2D eigenvalue weighted by molar-refractivity contribution is 0.430. The fourth-order valence-electron chi connectivity index (χ4n) is 2.93. The number of halogens is 1. The van der Waals surface area contributed by atoms with E-state index in [1.807, 2.05) is 41.8 Å². The minimum absolute atomic E-state index is 0.316. The van der Waals surface area contributed by atoms with Crippen molar-refractivity contribution >= 4 is 22.2 Å². The van der Waals surface area contributed by atoms with Crippen LogP contribution in [0.2, 0.25) is 0 Å². The van der Waals surface area contributed by atoms with Crippen molar-refractivity contribution in [3.63, 3.8) is 0 Å². The van der Waals surface area contributed by atoms with E-state index in [0.29, 0.717) is 16.9 Å². The normalized spacial score (nSPS) is 10.8. The average Bonchev–Trinajstić information content (AvgIpc) is 3.22. The van der Waals surface area contributed by atoms with E-state index in [1.165, 1.54) is 17.4 Å². The Kier molecular flexibility index (Phi) is 3.33. The minimum Gasteiger partial charge on any atom is -0.503 e. The predicted octanol–water partition coefficient (Wildman–Crippen LogP) is 5.08. The van der Waals surface area contributed by atoms with Gasteiger partial charge in [0.2, 0.25) is 0 Å². The second kappa shape index (κ2) is 5.52. The first kappa shape index (κ1) is 14.5. The highest BCUT2D eigenvalue weighted by Gasteiger charge is 2.22. The third-order valence-corrected chi connectivity index (χ3v) is 4.82. The highest BCUT2D eigenvalue weighted by Crippen LogP contribution is 2.40. The van der Waals surface area contributed by atoms with Gasteiger partial charge in [-0.25, -0.2) is 4.39 Å². The van der Waals surface area contributed by atoms with Crippen LogP contribution in [0.5, 0.6) is 5.75 Å². The van der Waals surface area contributed by atoms with Gasteiger partial charge in [-0.05, 0) is 29.6 Å². The van der Waals surface area contributed by atoms with Crippen molar-refractivity contribution in [1.82, 2.24) is 4.57 Å². The molecule has 0 radical (unpaired) electrons. The molecule has 0 aliphatic heterocycles. The van der Waals surface area contributed by atoms with Gasteiger partial charge in [-0.1, -0.05) is 30.3 Å². The summed E-state index contributed by atoms with van der Waals surface area (Å²) in [6.07, 6.45) is 0. The number of phenolic OH excluding ortho intramolecular Hbond substituents is 1. The Bertz CT molecular complexity index is 1090. The molecule has 2 aromatic carbocycles. The van der Waals surface area contributed by atoms with E-state index in [1.54, 1.807) is 16.7 Å². The molecule has 0 saturated heterocycles. The molecule has 0 bridgehead atoms. The van der Waals surface area contributed by atoms with E-state index in [9.17, 15) is 14.8 Å². The molecule has 2 heterocycles. The van der Waals surface area contributed by atoms with Crippen LogP contribution >= 0.6 is 11.3 Å². The summed E-state index contributed by atoms with van der Waals surface area (Å²) in [4.78, 5) is 0.881. The van der Waals surface area contributed by atoms with Crippen LogP contribution in [0.3, 0.4) is 0 Å². The molecule has 2 aromatic heterocycles. The zero-order valence-electron chi connectivity index (χ0n) is 12.4. The SMILES string of the molecule is N#Cc1c(-c2cccs2)n(-c2cccc(F)c2O)c2ccccc12. The van der Waals surface area contributed by atoms with Crippen molar-refractivity contribution < 1.29 is 9.50 Å². The molecule has 4 rings (SSSR count). The van der Waals surface area contributed by atoms with Crippen LogP contribution in [-0.2, 0) is 0 Å². The number of thiophene rings is 1. The molecule has 3 nitrogen and oxygen atoms in total. The molecule has 0 aliphatic carbocycles. The van der Waals surface area contributed by atoms with Crippen LogP contribution in [0.15, 0.2) is 60.0 Å². The summed E-state index contributed by atoms with van der Waals surface area (Å²) in [5.74, 6) is -1.12. The molecule has 0 aliphatic rings. The number of nitrogens with zero attached hydrogens (tertiary/aromatic N) is 2. The average molecular weight is 334 g/mol. The van der Waals surface area contributed by atoms with Crippen LogP contribution in [0, 0.1) is 17.1 Å². The lowest BCUT2D eigenvalue weighted by atomic mass is 10.1. The maximum Gasteiger partial charge on any atom is 0.175 e. The van der Waals surface area contributed by atoms with Crippen molar-refractivity contribution in [2.75, 3.05) is 0 Å². The van der Waals surface area contributed by atoms with Crippen LogP contribution in [0.1, 0.15) is 5.56 Å². The predicted molar refractivity (Wildman–Crippen MR) is 92.9 cm³/mol. The second-order valence-electron chi connectivity index (χ2n) is 5.27. The molecule has 0 amide bonds. The van der Waals surface area contributed by atoms with Gasteiger partial charge >= 0.3 is 0 Å². The summed E-state index contributed by atoms with van der Waals surface area (Å²) in [5.41, 5.74) is 2.24. The smallest absolute Gasteiger partial charge is 0.175 e. The lowest BCUT2D eigenvalue weighted by Gasteiger charge is -2.12. The van der Waals surface area contributed by atoms with Crippen molar-refractivity contribution in [2.24, 2.45) is 0 Å². The number of aromatic nitrogens is 1. The Balaban J connectivity index is 2.21. The Morgan fingerprint density at radius 3 is 2.62 bits per heavy atom. The highest BCUT2D eigenvalue weighted by atomic mass is 32.1. The van der Waals surface area contributed by atoms with Gasteiger partial charge in [0, 0.05) is 5.39 Å². The molecule has 0 saturated carbocycles. The van der Waals surface area contributed by atoms with Crippen LogP contribution in [-0.4, -0.2) is 9.67 Å². The maximum absolute atomic E-state index is 13.9. The summed E-state index contributed by atoms with van der Waals surface area (Å²) in [6, 6.07) is 17.9. The quantitative estimate of drug-likeness (QED) is 0.556. The van der Waals surface area contributed by atoms with Crippen molar-refractivity contribution in [3.8, 4) is 28.1 Å². The maximum atomic E-state index is 13.9. The van der Waals surface area contributed by atoms with Gasteiger partial charge in [-0.3, -0.25) is 0 Å². The fourth-order valence-corrected chi connectivity index (χ4v) is 3.70. The van der Waals surface area contributed by atoms with Gasteiger partial charge in [0.1, 0.15) is 6.07 Å². The highest BCUT2D eigenvalue weighted by molar-refractivity contribution is 7.13. The van der Waals surface area contributed by atoms with Gasteiger partial charge < -0.3 is 9.67 Å². The molecule has 4 aromatic rings. The standard InChI is InChI=1S/C19H11FN2OS/c20-14-6-3-8-16(19(14)23)22-15-7-2-1-5-12(15)13(11-21)18(22)17-9-4-10-24-17/h1-10,23H. The first-order chi connectivity index (χ1) is 11.7. The number of phenols is 1. The lowest BCUT2D eigenvalue weighted by Crippen LogP contribution is -1.98. The molecule has 1 N–H and O–H groups in total. The first-order valence-electron chi connectivity index (χ1n) is 7.27. The third-order valence-electron chi connectivity index (χ3n) is 3.95. The molecule has 0 fully saturated rings. The van der Waals surface area contributed by atoms with Crippen LogP contribution < -0.4 is 0 Å². The Hall–Kier alpha value is -3.10. The zero-order valence-corrected chi connectivity index (χ0v) is 13.2. The zero-order chi connectivity index (χ0) is 16.7. The number of rotatable bonds is 2. The molecular formula is C19H11FN2OS. The summed E-state index contributed by atoms with van der Waals surface area (Å²) >= 11 is 1.49. The molecular weight excluding hydrogens is 323 g/mol. The molecule has 5 heteroatoms. The monoisotopic (exact) mass is 334 g/mol. The Labute approximate surface area is 141 Å². The summed E-state index contributed by atoms with van der Waals surface area (Å²) < 4.78 is 15.7. The van der Waals surface area contributed by atoms with E-state index >= 15 is 0 Å². The second-order valence-corrected chi connectivity index (χ2v) is 6.22. The molecule has 0 unspecified atom stereocenters. The van der Waals surface area contributed by atoms with Crippen molar-refractivity contribution in [2.45, 2.75) is 0 Å². The topological polar surface area (TPSA) is 49.0 Å². The van der Waals surface area contributed by atoms with Crippen LogP contribution in [0.4, 0.5) is 4.39 Å². The van der Waals surface area contributed by atoms with Gasteiger partial charge in [0.25, 0.3) is 0 Å². The van der Waals surface area contributed by atoms with Gasteiger partial charge in [0.05, 0.1) is 27.3 Å². The van der Waals surface area contributed by atoms with E-state index < -0.39 is 11.6 Å². The number of fused-ring (bicyclic) bond motifs is 1. The van der Waals surface area contributed by atoms with Gasteiger partial charge in [-0.2, -0.15) is 5.26 Å². The van der Waals surface area contributed by atoms with Crippen molar-refractivity contribution in [1.29, 1.82) is 5.26 Å². The Morgan fingerprint density at radius 2 is 1.88 bits per heavy atom. The van der Waals surface area contributed by atoms with E-state index in [2.05, 4.69) is 6.07 Å². The third kappa shape index (κ3) is 2.01. The molecule has 116 valence electrons. The van der Waals surface area contributed by atoms with E-state index in [4.69, 9.17) is 0 Å². The number of hydrogen-bond donors (Lipinski definition) is 1. The van der Waals surface area contributed by atoms with Gasteiger partial charge in [0.15, 0.2) is 11.6 Å². The summed E-state index contributed by atoms with van der Waals surface area (Å²) in [6.45, 7) is 0. The minimum atomic E-state index is -0.694. The number of aromatic hydroxyl groups is 1. The van der Waals surface area contributed by atoms with Crippen molar-refractivity contribution in [3.05, 3.63) is 71.4 Å². The first-order valence-corrected chi connectivity index (χ1v) is 8.15. The Morgan fingerprint density at radius 1 is 1.04 bits per heavy atom. The van der Waals surface area contributed by atoms with Crippen LogP contribution in [0.25, 0.3) is 27.2 Å². The molecule has 24 heavy (non-hydrogen) atoms. The number of hydrogen-bond acceptors (Lipinski definition) is 3. The summed E-state index contributed by atoms with van der Waals surface area (Å²) in [7, 11) is 0. The molecule has 0 spiro atoms. The number of benzene rings is 2. The number of nitriles is 1. The van der Waals surface area contributed by atoms with E-state index in [-0.39, 0.29) is 0 Å². The number of para-hydroxylation sites is 2.